The lowest BCUT2D eigenvalue weighted by atomic mass is 9.78. The van der Waals surface area contributed by atoms with Crippen molar-refractivity contribution in [1.29, 1.82) is 0 Å². The summed E-state index contributed by atoms with van der Waals surface area (Å²) < 4.78 is 5.29. The standard InChI is InChI=1S/C12H22O2S/c1-7-14-11(15)9(8(2)3)10(13)12(4,5)6/h8-9H,7H2,1-6H3. The molecule has 0 radical (unpaired) electrons. The van der Waals surface area contributed by atoms with E-state index in [9.17, 15) is 4.79 Å². The average Bonchev–Trinajstić information content (AvgIpc) is 2.02. The normalized spacial score (nSPS) is 13.8. The van der Waals surface area contributed by atoms with Crippen LogP contribution in [0.25, 0.3) is 0 Å². The Kier molecular flexibility index (Phi) is 5.43. The van der Waals surface area contributed by atoms with Crippen molar-refractivity contribution in [1.82, 2.24) is 0 Å². The second-order valence-electron chi connectivity index (χ2n) is 5.09. The summed E-state index contributed by atoms with van der Waals surface area (Å²) in [6, 6.07) is 0. The van der Waals surface area contributed by atoms with Gasteiger partial charge in [0.25, 0.3) is 0 Å². The van der Waals surface area contributed by atoms with Crippen LogP contribution in [0.1, 0.15) is 41.5 Å². The highest BCUT2D eigenvalue weighted by molar-refractivity contribution is 7.80. The SMILES string of the molecule is CCOC(=S)C(C(=O)C(C)(C)C)C(C)C. The molecule has 1 atom stereocenters. The van der Waals surface area contributed by atoms with Crippen LogP contribution in [0.15, 0.2) is 0 Å². The molecular formula is C12H22O2S. The van der Waals surface area contributed by atoms with Crippen molar-refractivity contribution in [2.45, 2.75) is 41.5 Å². The fourth-order valence-electron chi connectivity index (χ4n) is 1.38. The van der Waals surface area contributed by atoms with Gasteiger partial charge in [-0.05, 0) is 25.1 Å². The summed E-state index contributed by atoms with van der Waals surface area (Å²) in [7, 11) is 0. The van der Waals surface area contributed by atoms with Crippen molar-refractivity contribution in [2.24, 2.45) is 17.3 Å². The van der Waals surface area contributed by atoms with Crippen LogP contribution in [-0.2, 0) is 9.53 Å². The van der Waals surface area contributed by atoms with Crippen molar-refractivity contribution in [3.63, 3.8) is 0 Å². The number of hydrogen-bond acceptors (Lipinski definition) is 3. The summed E-state index contributed by atoms with van der Waals surface area (Å²) in [5.41, 5.74) is -0.365. The van der Waals surface area contributed by atoms with Gasteiger partial charge in [-0.2, -0.15) is 0 Å². The van der Waals surface area contributed by atoms with Gasteiger partial charge < -0.3 is 4.74 Å². The molecule has 0 saturated heterocycles. The lowest BCUT2D eigenvalue weighted by Gasteiger charge is -2.27. The highest BCUT2D eigenvalue weighted by atomic mass is 32.1. The fraction of sp³-hybridized carbons (Fsp3) is 0.833. The molecule has 0 aromatic heterocycles. The van der Waals surface area contributed by atoms with Gasteiger partial charge in [0.15, 0.2) is 5.05 Å². The summed E-state index contributed by atoms with van der Waals surface area (Å²) in [5.74, 6) is 0.0895. The molecule has 88 valence electrons. The number of carbonyl (C=O) groups is 1. The van der Waals surface area contributed by atoms with Gasteiger partial charge in [0, 0.05) is 5.41 Å². The van der Waals surface area contributed by atoms with E-state index in [-0.39, 0.29) is 23.0 Å². The quantitative estimate of drug-likeness (QED) is 0.694. The number of rotatable bonds is 4. The maximum atomic E-state index is 12.2. The van der Waals surface area contributed by atoms with E-state index in [0.29, 0.717) is 11.7 Å². The Balaban J connectivity index is 4.83. The van der Waals surface area contributed by atoms with Crippen LogP contribution in [0.2, 0.25) is 0 Å². The predicted octanol–water partition coefficient (Wildman–Crippen LogP) is 3.24. The Morgan fingerprint density at radius 2 is 1.80 bits per heavy atom. The summed E-state index contributed by atoms with van der Waals surface area (Å²) in [4.78, 5) is 12.2. The van der Waals surface area contributed by atoms with Crippen LogP contribution in [-0.4, -0.2) is 17.4 Å². The predicted molar refractivity (Wildman–Crippen MR) is 67.0 cm³/mol. The Morgan fingerprint density at radius 3 is 2.07 bits per heavy atom. The zero-order valence-electron chi connectivity index (χ0n) is 10.6. The maximum Gasteiger partial charge on any atom is 0.170 e. The van der Waals surface area contributed by atoms with Crippen molar-refractivity contribution < 1.29 is 9.53 Å². The zero-order chi connectivity index (χ0) is 12.2. The molecule has 15 heavy (non-hydrogen) atoms. The van der Waals surface area contributed by atoms with Gasteiger partial charge in [-0.1, -0.05) is 34.6 Å². The smallest absolute Gasteiger partial charge is 0.170 e. The van der Waals surface area contributed by atoms with E-state index < -0.39 is 0 Å². The van der Waals surface area contributed by atoms with Crippen LogP contribution in [0.4, 0.5) is 0 Å². The number of hydrogen-bond donors (Lipinski definition) is 0. The molecule has 0 aromatic rings. The summed E-state index contributed by atoms with van der Waals surface area (Å²) in [5, 5.41) is 0.437. The van der Waals surface area contributed by atoms with Crippen LogP contribution < -0.4 is 0 Å². The first-order valence-corrected chi connectivity index (χ1v) is 5.83. The van der Waals surface area contributed by atoms with E-state index in [1.54, 1.807) is 0 Å². The van der Waals surface area contributed by atoms with E-state index in [4.69, 9.17) is 17.0 Å². The van der Waals surface area contributed by atoms with Gasteiger partial charge in [0.05, 0.1) is 12.5 Å². The molecule has 0 spiro atoms. The Labute approximate surface area is 98.4 Å². The molecule has 2 nitrogen and oxygen atoms in total. The summed E-state index contributed by atoms with van der Waals surface area (Å²) in [6.07, 6.45) is 0. The first kappa shape index (κ1) is 14.6. The first-order chi connectivity index (χ1) is 6.71. The van der Waals surface area contributed by atoms with E-state index in [2.05, 4.69) is 0 Å². The van der Waals surface area contributed by atoms with Gasteiger partial charge in [0.1, 0.15) is 5.78 Å². The highest BCUT2D eigenvalue weighted by Gasteiger charge is 2.35. The third-order valence-corrected chi connectivity index (χ3v) is 2.60. The lowest BCUT2D eigenvalue weighted by molar-refractivity contribution is -0.129. The molecule has 1 unspecified atom stereocenters. The van der Waals surface area contributed by atoms with E-state index >= 15 is 0 Å². The first-order valence-electron chi connectivity index (χ1n) is 5.42. The minimum absolute atomic E-state index is 0.163. The van der Waals surface area contributed by atoms with Gasteiger partial charge in [0.2, 0.25) is 0 Å². The van der Waals surface area contributed by atoms with Gasteiger partial charge in [-0.25, -0.2) is 0 Å². The summed E-state index contributed by atoms with van der Waals surface area (Å²) in [6.45, 7) is 12.2. The Morgan fingerprint density at radius 1 is 1.33 bits per heavy atom. The molecular weight excluding hydrogens is 208 g/mol. The van der Waals surface area contributed by atoms with Crippen LogP contribution in [0, 0.1) is 17.3 Å². The Hall–Kier alpha value is -0.440. The van der Waals surface area contributed by atoms with Crippen LogP contribution in [0.5, 0.6) is 0 Å². The molecule has 3 heteroatoms. The monoisotopic (exact) mass is 230 g/mol. The largest absolute Gasteiger partial charge is 0.487 e. The highest BCUT2D eigenvalue weighted by Crippen LogP contribution is 2.26. The van der Waals surface area contributed by atoms with Crippen molar-refractivity contribution in [3.05, 3.63) is 0 Å². The fourth-order valence-corrected chi connectivity index (χ4v) is 1.88. The second-order valence-corrected chi connectivity index (χ2v) is 5.49. The molecule has 0 rings (SSSR count). The number of ether oxygens (including phenoxy) is 1. The molecule has 0 aliphatic heterocycles. The van der Waals surface area contributed by atoms with Gasteiger partial charge >= 0.3 is 0 Å². The second kappa shape index (κ2) is 5.59. The molecule has 0 amide bonds. The maximum absolute atomic E-state index is 12.2. The van der Waals surface area contributed by atoms with Crippen molar-refractivity contribution in [2.75, 3.05) is 6.61 Å². The zero-order valence-corrected chi connectivity index (χ0v) is 11.4. The third-order valence-electron chi connectivity index (χ3n) is 2.23. The van der Waals surface area contributed by atoms with E-state index in [0.717, 1.165) is 0 Å². The molecule has 0 aliphatic carbocycles. The summed E-state index contributed by atoms with van der Waals surface area (Å²) >= 11 is 5.15. The number of Topliss-reactive ketones (excluding diaryl/α,β-unsaturated/α-hetero) is 1. The minimum atomic E-state index is -0.365. The van der Waals surface area contributed by atoms with Crippen molar-refractivity contribution >= 4 is 23.1 Å². The molecule has 0 saturated carbocycles. The Bertz CT molecular complexity index is 238. The topological polar surface area (TPSA) is 26.3 Å². The number of carbonyl (C=O) groups excluding carboxylic acids is 1. The third kappa shape index (κ3) is 4.29. The van der Waals surface area contributed by atoms with Crippen molar-refractivity contribution in [3.8, 4) is 0 Å². The van der Waals surface area contributed by atoms with Crippen LogP contribution in [0.3, 0.4) is 0 Å². The molecule has 0 aliphatic rings. The lowest BCUT2D eigenvalue weighted by Crippen LogP contribution is -2.37. The average molecular weight is 230 g/mol. The molecule has 0 N–H and O–H groups in total. The molecule has 0 heterocycles. The molecule has 0 bridgehead atoms. The number of ketones is 1. The van der Waals surface area contributed by atoms with Gasteiger partial charge in [-0.3, -0.25) is 4.79 Å². The minimum Gasteiger partial charge on any atom is -0.487 e. The van der Waals surface area contributed by atoms with Crippen LogP contribution >= 0.6 is 12.2 Å². The van der Waals surface area contributed by atoms with E-state index in [1.165, 1.54) is 0 Å². The van der Waals surface area contributed by atoms with Gasteiger partial charge in [-0.15, -0.1) is 0 Å². The molecule has 0 aromatic carbocycles. The number of thiocarbonyl (C=S) groups is 1. The van der Waals surface area contributed by atoms with E-state index in [1.807, 2.05) is 41.5 Å². The molecule has 0 fully saturated rings.